The van der Waals surface area contributed by atoms with Crippen LogP contribution in [0.3, 0.4) is 0 Å². The maximum Gasteiger partial charge on any atom is 0.240 e. The lowest BCUT2D eigenvalue weighted by Gasteiger charge is -2.08. The molecule has 0 saturated carbocycles. The monoisotopic (exact) mass is 376 g/mol. The molecule has 2 aromatic carbocycles. The second kappa shape index (κ2) is 8.70. The van der Waals surface area contributed by atoms with Crippen molar-refractivity contribution in [3.63, 3.8) is 0 Å². The van der Waals surface area contributed by atoms with Crippen LogP contribution in [0.25, 0.3) is 0 Å². The number of thiocarbonyl (C=S) groups is 1. The summed E-state index contributed by atoms with van der Waals surface area (Å²) in [6.45, 7) is 2.05. The Hall–Kier alpha value is -2.29. The highest BCUT2D eigenvalue weighted by Crippen LogP contribution is 2.12. The standard InChI is InChI=1S/C17H20N4O2S2/c1-13(20-21-17(24)18-2)15-8-10-16(11-9-15)25(22,23)19-12-14-6-4-3-5-7-14/h3-11,19H,12H2,1-2H3,(H2,18,21,24). The van der Waals surface area contributed by atoms with E-state index in [4.69, 9.17) is 12.2 Å². The van der Waals surface area contributed by atoms with Crippen LogP contribution in [0.2, 0.25) is 0 Å². The minimum Gasteiger partial charge on any atom is -0.364 e. The summed E-state index contributed by atoms with van der Waals surface area (Å²) in [5.41, 5.74) is 5.08. The molecule has 0 spiro atoms. The molecule has 0 heterocycles. The lowest BCUT2D eigenvalue weighted by atomic mass is 10.1. The Morgan fingerprint density at radius 2 is 1.72 bits per heavy atom. The average Bonchev–Trinajstić information content (AvgIpc) is 2.65. The van der Waals surface area contributed by atoms with Gasteiger partial charge in [0.2, 0.25) is 10.0 Å². The van der Waals surface area contributed by atoms with Gasteiger partial charge in [0.15, 0.2) is 5.11 Å². The highest BCUT2D eigenvalue weighted by molar-refractivity contribution is 7.89. The van der Waals surface area contributed by atoms with Crippen LogP contribution in [0.4, 0.5) is 0 Å². The van der Waals surface area contributed by atoms with Gasteiger partial charge in [0.25, 0.3) is 0 Å². The molecule has 3 N–H and O–H groups in total. The number of rotatable bonds is 6. The summed E-state index contributed by atoms with van der Waals surface area (Å²) in [4.78, 5) is 0.207. The summed E-state index contributed by atoms with van der Waals surface area (Å²) in [6.07, 6.45) is 0. The normalized spacial score (nSPS) is 11.8. The van der Waals surface area contributed by atoms with Crippen LogP contribution in [0.5, 0.6) is 0 Å². The zero-order valence-electron chi connectivity index (χ0n) is 14.0. The van der Waals surface area contributed by atoms with Crippen LogP contribution in [-0.2, 0) is 16.6 Å². The fourth-order valence-corrected chi connectivity index (χ4v) is 3.05. The quantitative estimate of drug-likeness (QED) is 0.408. The topological polar surface area (TPSA) is 82.6 Å². The van der Waals surface area contributed by atoms with Gasteiger partial charge >= 0.3 is 0 Å². The van der Waals surface area contributed by atoms with Gasteiger partial charge in [0.1, 0.15) is 0 Å². The largest absolute Gasteiger partial charge is 0.364 e. The molecule has 0 bridgehead atoms. The Kier molecular flexibility index (Phi) is 6.63. The zero-order chi connectivity index (χ0) is 18.3. The summed E-state index contributed by atoms with van der Waals surface area (Å²) >= 11 is 4.95. The third-order valence-corrected chi connectivity index (χ3v) is 5.16. The number of benzene rings is 2. The highest BCUT2D eigenvalue weighted by atomic mass is 32.2. The van der Waals surface area contributed by atoms with E-state index in [1.165, 1.54) is 0 Å². The molecule has 0 radical (unpaired) electrons. The molecule has 0 aromatic heterocycles. The van der Waals surface area contributed by atoms with Gasteiger partial charge in [-0.2, -0.15) is 5.10 Å². The Labute approximate surface area is 153 Å². The molecule has 0 aliphatic heterocycles. The van der Waals surface area contributed by atoms with E-state index in [1.807, 2.05) is 37.3 Å². The van der Waals surface area contributed by atoms with Gasteiger partial charge in [0, 0.05) is 13.6 Å². The Morgan fingerprint density at radius 3 is 2.32 bits per heavy atom. The minimum atomic E-state index is -3.57. The van der Waals surface area contributed by atoms with Gasteiger partial charge in [-0.25, -0.2) is 13.1 Å². The predicted molar refractivity (Wildman–Crippen MR) is 104 cm³/mol. The van der Waals surface area contributed by atoms with E-state index in [0.717, 1.165) is 11.1 Å². The van der Waals surface area contributed by atoms with Gasteiger partial charge in [-0.05, 0) is 42.4 Å². The van der Waals surface area contributed by atoms with Gasteiger partial charge in [0.05, 0.1) is 10.6 Å². The molecule has 2 rings (SSSR count). The van der Waals surface area contributed by atoms with Crippen molar-refractivity contribution in [2.75, 3.05) is 7.05 Å². The third-order valence-electron chi connectivity index (χ3n) is 3.44. The van der Waals surface area contributed by atoms with Crippen LogP contribution in [0.15, 0.2) is 64.6 Å². The van der Waals surface area contributed by atoms with E-state index < -0.39 is 10.0 Å². The SMILES string of the molecule is CNC(=S)NN=C(C)c1ccc(S(=O)(=O)NCc2ccccc2)cc1. The second-order valence-corrected chi connectivity index (χ2v) is 7.40. The number of hydrazone groups is 1. The molecule has 0 saturated heterocycles. The Balaban J connectivity index is 2.06. The van der Waals surface area contributed by atoms with E-state index in [0.29, 0.717) is 10.8 Å². The van der Waals surface area contributed by atoms with Crippen LogP contribution in [-0.4, -0.2) is 26.3 Å². The van der Waals surface area contributed by atoms with Crippen LogP contribution in [0.1, 0.15) is 18.1 Å². The minimum absolute atomic E-state index is 0.207. The average molecular weight is 377 g/mol. The van der Waals surface area contributed by atoms with Gasteiger partial charge in [-0.3, -0.25) is 5.43 Å². The predicted octanol–water partition coefficient (Wildman–Crippen LogP) is 1.98. The molecule has 8 heteroatoms. The first kappa shape index (κ1) is 19.0. The van der Waals surface area contributed by atoms with Crippen molar-refractivity contribution in [1.29, 1.82) is 0 Å². The van der Waals surface area contributed by atoms with E-state index in [2.05, 4.69) is 20.6 Å². The van der Waals surface area contributed by atoms with Gasteiger partial charge < -0.3 is 5.32 Å². The molecule has 2 aromatic rings. The van der Waals surface area contributed by atoms with Crippen molar-refractivity contribution in [1.82, 2.24) is 15.5 Å². The van der Waals surface area contributed by atoms with Crippen molar-refractivity contribution in [3.8, 4) is 0 Å². The Morgan fingerprint density at radius 1 is 1.08 bits per heavy atom. The van der Waals surface area contributed by atoms with Gasteiger partial charge in [-0.1, -0.05) is 42.5 Å². The first-order valence-electron chi connectivity index (χ1n) is 7.58. The Bertz CT molecular complexity index is 848. The number of hydrogen-bond donors (Lipinski definition) is 3. The maximum atomic E-state index is 12.4. The molecule has 0 unspecified atom stereocenters. The summed E-state index contributed by atoms with van der Waals surface area (Å²) in [5, 5.41) is 7.29. The fourth-order valence-electron chi connectivity index (χ4n) is 1.99. The summed E-state index contributed by atoms with van der Waals surface area (Å²) < 4.78 is 27.3. The lowest BCUT2D eigenvalue weighted by molar-refractivity contribution is 0.581. The number of hydrogen-bond acceptors (Lipinski definition) is 4. The zero-order valence-corrected chi connectivity index (χ0v) is 15.6. The first-order chi connectivity index (χ1) is 11.9. The summed E-state index contributed by atoms with van der Waals surface area (Å²) in [6, 6.07) is 15.9. The van der Waals surface area contributed by atoms with Crippen LogP contribution >= 0.6 is 12.2 Å². The third kappa shape index (κ3) is 5.63. The molecule has 0 atom stereocenters. The van der Waals surface area contributed by atoms with E-state index in [1.54, 1.807) is 31.3 Å². The second-order valence-electron chi connectivity index (χ2n) is 5.22. The molecule has 0 aliphatic rings. The van der Waals surface area contributed by atoms with Crippen molar-refractivity contribution < 1.29 is 8.42 Å². The molecule has 0 aliphatic carbocycles. The van der Waals surface area contributed by atoms with Crippen molar-refractivity contribution in [2.24, 2.45) is 5.10 Å². The highest BCUT2D eigenvalue weighted by Gasteiger charge is 2.13. The fraction of sp³-hybridized carbons (Fsp3) is 0.176. The van der Waals surface area contributed by atoms with Crippen LogP contribution in [0, 0.1) is 0 Å². The molecule has 0 fully saturated rings. The van der Waals surface area contributed by atoms with E-state index in [9.17, 15) is 8.42 Å². The van der Waals surface area contributed by atoms with Gasteiger partial charge in [-0.15, -0.1) is 0 Å². The smallest absolute Gasteiger partial charge is 0.240 e. The maximum absolute atomic E-state index is 12.4. The van der Waals surface area contributed by atoms with Crippen molar-refractivity contribution in [2.45, 2.75) is 18.4 Å². The van der Waals surface area contributed by atoms with Crippen molar-refractivity contribution in [3.05, 3.63) is 65.7 Å². The first-order valence-corrected chi connectivity index (χ1v) is 9.47. The number of nitrogens with one attached hydrogen (secondary N) is 3. The molecule has 6 nitrogen and oxygen atoms in total. The number of nitrogens with zero attached hydrogens (tertiary/aromatic N) is 1. The molecular weight excluding hydrogens is 356 g/mol. The summed E-state index contributed by atoms with van der Waals surface area (Å²) in [5.74, 6) is 0. The number of sulfonamides is 1. The molecular formula is C17H20N4O2S2. The van der Waals surface area contributed by atoms with Crippen molar-refractivity contribution >= 4 is 33.1 Å². The molecule has 0 amide bonds. The van der Waals surface area contributed by atoms with E-state index in [-0.39, 0.29) is 11.4 Å². The summed E-state index contributed by atoms with van der Waals surface area (Å²) in [7, 11) is -1.87. The lowest BCUT2D eigenvalue weighted by Crippen LogP contribution is -2.29. The van der Waals surface area contributed by atoms with Crippen LogP contribution < -0.4 is 15.5 Å². The molecule has 132 valence electrons. The van der Waals surface area contributed by atoms with E-state index >= 15 is 0 Å². The molecule has 25 heavy (non-hydrogen) atoms.